The van der Waals surface area contributed by atoms with Gasteiger partial charge in [0.15, 0.2) is 5.11 Å². The van der Waals surface area contributed by atoms with E-state index < -0.39 is 0 Å². The summed E-state index contributed by atoms with van der Waals surface area (Å²) in [5.41, 5.74) is 0. The zero-order valence-electron chi connectivity index (χ0n) is 6.92. The highest BCUT2D eigenvalue weighted by Crippen LogP contribution is 1.73. The summed E-state index contributed by atoms with van der Waals surface area (Å²) in [5.74, 6) is 0. The maximum Gasteiger partial charge on any atom is 0.263 e. The number of nitrogens with one attached hydrogen (secondary N) is 3. The molecule has 1 saturated heterocycles. The lowest BCUT2D eigenvalue weighted by Crippen LogP contribution is -3.18. The van der Waals surface area contributed by atoms with Crippen LogP contribution in [0.3, 0.4) is 0 Å². The van der Waals surface area contributed by atoms with Gasteiger partial charge in [-0.05, 0) is 19.1 Å². The number of rotatable bonds is 0. The van der Waals surface area contributed by atoms with Crippen molar-refractivity contribution in [3.63, 3.8) is 0 Å². The summed E-state index contributed by atoms with van der Waals surface area (Å²) in [6.45, 7) is 5.25. The van der Waals surface area contributed by atoms with Crippen LogP contribution in [0.2, 0.25) is 0 Å². The Morgan fingerprint density at radius 2 is 1.62 bits per heavy atom. The third kappa shape index (κ3) is 4.63. The molecule has 72 valence electrons. The van der Waals surface area contributed by atoms with Gasteiger partial charge in [-0.15, -0.1) is 6.58 Å². The van der Waals surface area contributed by atoms with Gasteiger partial charge in [0.1, 0.15) is 0 Å². The van der Waals surface area contributed by atoms with Gasteiger partial charge in [-0.1, -0.05) is 6.08 Å². The summed E-state index contributed by atoms with van der Waals surface area (Å²) >= 11 is 19.2. The lowest BCUT2D eigenvalue weighted by Gasteiger charge is -2.28. The molecular formula is C6H9N3S4. The fraction of sp³-hybridized carbons (Fsp3) is 0.167. The van der Waals surface area contributed by atoms with Crippen molar-refractivity contribution in [3.05, 3.63) is 12.7 Å². The molecule has 0 spiro atoms. The van der Waals surface area contributed by atoms with Crippen LogP contribution in [0, 0.1) is 0 Å². The predicted molar refractivity (Wildman–Crippen MR) is 68.3 cm³/mol. The van der Waals surface area contributed by atoms with Crippen molar-refractivity contribution >= 4 is 64.8 Å². The van der Waals surface area contributed by atoms with Crippen molar-refractivity contribution in [2.75, 3.05) is 0 Å². The molecule has 1 aliphatic rings. The van der Waals surface area contributed by atoms with Gasteiger partial charge in [-0.25, -0.2) is 0 Å². The van der Waals surface area contributed by atoms with Crippen LogP contribution in [0.15, 0.2) is 12.7 Å². The van der Waals surface area contributed by atoms with E-state index in [4.69, 9.17) is 49.5 Å². The molecule has 1 rings (SSSR count). The molecule has 1 heterocycles. The zero-order valence-corrected chi connectivity index (χ0v) is 10.2. The first-order valence-electron chi connectivity index (χ1n) is 3.30. The summed E-state index contributed by atoms with van der Waals surface area (Å²) < 4.78 is 0.457. The molecule has 0 aromatic rings. The molecule has 0 aromatic carbocycles. The summed E-state index contributed by atoms with van der Waals surface area (Å²) in [7, 11) is 0. The Morgan fingerprint density at radius 1 is 1.31 bits per heavy atom. The van der Waals surface area contributed by atoms with E-state index in [1.807, 2.05) is 6.92 Å². The Balaban J connectivity index is 0.000000424. The predicted octanol–water partition coefficient (Wildman–Crippen LogP) is -0.427. The van der Waals surface area contributed by atoms with E-state index in [1.165, 1.54) is 0 Å². The largest absolute Gasteiger partial charge is 0.479 e. The van der Waals surface area contributed by atoms with E-state index in [0.29, 0.717) is 19.6 Å². The monoisotopic (exact) mass is 251 g/mol. The van der Waals surface area contributed by atoms with Crippen molar-refractivity contribution in [3.8, 4) is 0 Å². The molecule has 0 aliphatic carbocycles. The Morgan fingerprint density at radius 3 is 1.92 bits per heavy atom. The molecule has 0 amide bonds. The molecule has 13 heavy (non-hydrogen) atoms. The van der Waals surface area contributed by atoms with Gasteiger partial charge in [0.05, 0.1) is 0 Å². The van der Waals surface area contributed by atoms with E-state index >= 15 is 0 Å². The minimum absolute atomic E-state index is 0.420. The molecule has 0 radical (unpaired) electrons. The van der Waals surface area contributed by atoms with E-state index in [9.17, 15) is 0 Å². The second-order valence-corrected chi connectivity index (χ2v) is 3.61. The quantitative estimate of drug-likeness (QED) is 0.308. The first-order valence-corrected chi connectivity index (χ1v) is 4.94. The summed E-state index contributed by atoms with van der Waals surface area (Å²) in [5, 5.41) is 6.65. The van der Waals surface area contributed by atoms with Crippen molar-refractivity contribution in [2.24, 2.45) is 0 Å². The summed E-state index contributed by atoms with van der Waals surface area (Å²) in [6.07, 6.45) is 1.75. The van der Waals surface area contributed by atoms with Crippen LogP contribution < -0.4 is 14.9 Å². The van der Waals surface area contributed by atoms with Gasteiger partial charge in [-0.3, -0.25) is 10.6 Å². The number of hydrogen-bond donors (Lipinski definition) is 3. The Labute approximate surface area is 99.1 Å². The van der Waals surface area contributed by atoms with Gasteiger partial charge in [-0.2, -0.15) is 0 Å². The average molecular weight is 251 g/mol. The second-order valence-electron chi connectivity index (χ2n) is 1.97. The Hall–Kier alpha value is -0.0800. The standard InChI is InChI=1S/C3H3N3S4.C3H6/c7-1-4-2(8)6(10)3(9)5-1;1-3-2/h6H,(H2,4,5,7,8,9);3H,1H2,2H3. The fourth-order valence-electron chi connectivity index (χ4n) is 0.454. The van der Waals surface area contributed by atoms with Crippen molar-refractivity contribution in [1.29, 1.82) is 0 Å². The van der Waals surface area contributed by atoms with Crippen LogP contribution in [0.25, 0.3) is 0 Å². The van der Waals surface area contributed by atoms with Crippen molar-refractivity contribution in [2.45, 2.75) is 6.92 Å². The third-order valence-corrected chi connectivity index (χ3v) is 2.35. The van der Waals surface area contributed by atoms with Crippen LogP contribution in [0.4, 0.5) is 0 Å². The average Bonchev–Trinajstić information content (AvgIpc) is 2.01. The normalized spacial score (nSPS) is 16.6. The highest BCUT2D eigenvalue weighted by Gasteiger charge is 2.19. The smallest absolute Gasteiger partial charge is 0.263 e. The third-order valence-electron chi connectivity index (χ3n) is 0.867. The fourth-order valence-corrected chi connectivity index (χ4v) is 1.36. The van der Waals surface area contributed by atoms with Gasteiger partial charge in [0, 0.05) is 24.4 Å². The van der Waals surface area contributed by atoms with E-state index in [1.54, 1.807) is 6.08 Å². The molecule has 0 aromatic heterocycles. The van der Waals surface area contributed by atoms with Gasteiger partial charge < -0.3 is 17.1 Å². The zero-order chi connectivity index (χ0) is 10.4. The lowest BCUT2D eigenvalue weighted by atomic mass is 10.8. The molecule has 1 fully saturated rings. The van der Waals surface area contributed by atoms with Gasteiger partial charge in [0.25, 0.3) is 10.2 Å². The van der Waals surface area contributed by atoms with Crippen LogP contribution in [0.1, 0.15) is 6.92 Å². The minimum Gasteiger partial charge on any atom is -0.479 e. The number of allylic oxidation sites excluding steroid dienone is 1. The Kier molecular flexibility index (Phi) is 6.35. The van der Waals surface area contributed by atoms with Crippen LogP contribution in [-0.2, 0) is 12.8 Å². The molecule has 3 N–H and O–H groups in total. The highest BCUT2D eigenvalue weighted by molar-refractivity contribution is 7.83. The van der Waals surface area contributed by atoms with E-state index in [-0.39, 0.29) is 0 Å². The van der Waals surface area contributed by atoms with Gasteiger partial charge in [0.2, 0.25) is 0 Å². The first kappa shape index (κ1) is 12.9. The molecular weight excluding hydrogens is 242 g/mol. The number of hydrogen-bond acceptors (Lipinski definition) is 4. The highest BCUT2D eigenvalue weighted by atomic mass is 32.1. The number of quaternary nitrogens is 1. The van der Waals surface area contributed by atoms with Crippen LogP contribution >= 0.6 is 36.7 Å². The summed E-state index contributed by atoms with van der Waals surface area (Å²) in [4.78, 5) is 0. The van der Waals surface area contributed by atoms with Crippen molar-refractivity contribution < 1.29 is 4.31 Å². The van der Waals surface area contributed by atoms with Gasteiger partial charge >= 0.3 is 0 Å². The molecule has 0 bridgehead atoms. The molecule has 0 unspecified atom stereocenters. The summed E-state index contributed by atoms with van der Waals surface area (Å²) in [6, 6.07) is 0. The lowest BCUT2D eigenvalue weighted by molar-refractivity contribution is -0.523. The minimum atomic E-state index is 0.420. The SMILES string of the molecule is C=CC.S=C1NC(=S)[NH+]([S-])C(=S)N1. The first-order chi connectivity index (χ1) is 6.02. The topological polar surface area (TPSA) is 28.5 Å². The maximum absolute atomic E-state index is 4.84. The molecule has 1 aliphatic heterocycles. The number of thiocarbonyl (C=S) groups is 3. The van der Waals surface area contributed by atoms with E-state index in [2.05, 4.69) is 17.2 Å². The van der Waals surface area contributed by atoms with Crippen LogP contribution in [0.5, 0.6) is 0 Å². The van der Waals surface area contributed by atoms with Crippen LogP contribution in [-0.4, -0.2) is 15.3 Å². The maximum atomic E-state index is 4.84. The molecule has 0 saturated carbocycles. The van der Waals surface area contributed by atoms with Crippen molar-refractivity contribution in [1.82, 2.24) is 10.6 Å². The molecule has 0 atom stereocenters. The second kappa shape index (κ2) is 6.39. The Bertz CT molecular complexity index is 230. The molecule has 7 heteroatoms. The molecule has 3 nitrogen and oxygen atoms in total. The van der Waals surface area contributed by atoms with E-state index in [0.717, 1.165) is 0 Å².